The van der Waals surface area contributed by atoms with E-state index in [9.17, 15) is 10.3 Å². The van der Waals surface area contributed by atoms with Gasteiger partial charge in [0.2, 0.25) is 5.91 Å². The third-order valence-corrected chi connectivity index (χ3v) is 10.5. The number of azide groups is 1. The van der Waals surface area contributed by atoms with Crippen LogP contribution in [0.2, 0.25) is 18.1 Å². The van der Waals surface area contributed by atoms with Crippen LogP contribution in [0.5, 0.6) is 0 Å². The lowest BCUT2D eigenvalue weighted by Gasteiger charge is -2.40. The minimum Gasteiger partial charge on any atom is -0.409 e. The van der Waals surface area contributed by atoms with Crippen LogP contribution in [0.1, 0.15) is 27.0 Å². The molecule has 0 radical (unpaired) electrons. The molecular weight excluding hydrogens is 418 g/mol. The van der Waals surface area contributed by atoms with Gasteiger partial charge in [-0.15, -0.1) is 0 Å². The average molecular weight is 448 g/mol. The number of nitrogens with zero attached hydrogens (tertiary/aromatic N) is 7. The summed E-state index contributed by atoms with van der Waals surface area (Å²) in [6.45, 7) is 10.5. The molecule has 0 aromatic carbocycles. The molecule has 1 fully saturated rings. The van der Waals surface area contributed by atoms with Crippen molar-refractivity contribution in [3.05, 3.63) is 23.1 Å². The first-order valence-electron chi connectivity index (χ1n) is 10.00. The van der Waals surface area contributed by atoms with E-state index < -0.39 is 38.7 Å². The van der Waals surface area contributed by atoms with E-state index in [0.29, 0.717) is 17.0 Å². The molecule has 1 aliphatic heterocycles. The number of aromatic nitrogens is 4. The molecule has 2 aromatic rings. The Morgan fingerprint density at radius 3 is 2.61 bits per heavy atom. The van der Waals surface area contributed by atoms with E-state index in [0.717, 1.165) is 0 Å². The summed E-state index contributed by atoms with van der Waals surface area (Å²) in [5.74, 6) is 0.178. The Labute approximate surface area is 181 Å². The molecule has 12 nitrogen and oxygen atoms in total. The fourth-order valence-electron chi connectivity index (χ4n) is 3.28. The molecular formula is C18H29N9O3Si. The lowest BCUT2D eigenvalue weighted by atomic mass is 10.1. The smallest absolute Gasteiger partial charge is 0.249 e. The Morgan fingerprint density at radius 2 is 2.03 bits per heavy atom. The second kappa shape index (κ2) is 8.42. The monoisotopic (exact) mass is 447 g/mol. The van der Waals surface area contributed by atoms with Gasteiger partial charge in [0.15, 0.2) is 26.0 Å². The third kappa shape index (κ3) is 4.09. The minimum atomic E-state index is -2.33. The maximum atomic E-state index is 12.6. The highest BCUT2D eigenvalue weighted by atomic mass is 28.4. The summed E-state index contributed by atoms with van der Waals surface area (Å²) in [6.07, 6.45) is 0.517. The fraction of sp³-hybridized carbons (Fsp3) is 0.667. The van der Waals surface area contributed by atoms with Gasteiger partial charge in [-0.25, -0.2) is 15.0 Å². The summed E-state index contributed by atoms with van der Waals surface area (Å²) in [5.41, 5.74) is 10.3. The lowest BCUT2D eigenvalue weighted by Crippen LogP contribution is -2.49. The predicted molar refractivity (Wildman–Crippen MR) is 118 cm³/mol. The number of imidazole rings is 1. The van der Waals surface area contributed by atoms with E-state index in [1.54, 1.807) is 17.9 Å². The first kappa shape index (κ1) is 22.9. The number of hydrogen-bond acceptors (Lipinski definition) is 8. The van der Waals surface area contributed by atoms with E-state index in [-0.39, 0.29) is 5.04 Å². The van der Waals surface area contributed by atoms with Gasteiger partial charge in [0.05, 0.1) is 6.33 Å². The van der Waals surface area contributed by atoms with Crippen LogP contribution in [0.3, 0.4) is 0 Å². The van der Waals surface area contributed by atoms with Crippen molar-refractivity contribution in [1.82, 2.24) is 24.8 Å². The van der Waals surface area contributed by atoms with Crippen molar-refractivity contribution in [2.75, 3.05) is 19.4 Å². The molecule has 4 atom stereocenters. The SMILES string of the molecule is CNC(=O)[C@H]1O[C@@H](n2cnc3c(NC)ncnc32)[C@H](O[Si](C)(C)C(C)(C)C)[C@@H]1N=[N+]=[N-]. The van der Waals surface area contributed by atoms with E-state index in [4.69, 9.17) is 9.16 Å². The standard InChI is InChI=1S/C18H29N9O3Si/c1-18(2,3)31(6,7)30-13-10(25-26-19)12(16(28)21-5)29-17(13)27-9-24-11-14(20-4)22-8-23-15(11)27/h8-10,12-13,17H,1-7H3,(H,21,28)(H,20,22,23)/t10-,12+,13-,17-/m1/s1. The van der Waals surface area contributed by atoms with Crippen LogP contribution in [0.25, 0.3) is 21.6 Å². The van der Waals surface area contributed by atoms with Crippen molar-refractivity contribution in [3.63, 3.8) is 0 Å². The van der Waals surface area contributed by atoms with Gasteiger partial charge >= 0.3 is 0 Å². The zero-order valence-electron chi connectivity index (χ0n) is 18.8. The maximum absolute atomic E-state index is 12.6. The summed E-state index contributed by atoms with van der Waals surface area (Å²) in [6, 6.07) is -0.855. The molecule has 1 saturated heterocycles. The van der Waals surface area contributed by atoms with Gasteiger partial charge in [-0.2, -0.15) is 0 Å². The predicted octanol–water partition coefficient (Wildman–Crippen LogP) is 2.58. The first-order valence-corrected chi connectivity index (χ1v) is 12.9. The van der Waals surface area contributed by atoms with Gasteiger partial charge in [-0.05, 0) is 23.7 Å². The van der Waals surface area contributed by atoms with Gasteiger partial charge in [0, 0.05) is 19.0 Å². The molecule has 13 heteroatoms. The first-order chi connectivity index (χ1) is 14.6. The number of amides is 1. The highest BCUT2D eigenvalue weighted by Gasteiger charge is 2.53. The number of carbonyl (C=O) groups is 1. The van der Waals surface area contributed by atoms with Crippen molar-refractivity contribution in [3.8, 4) is 0 Å². The molecule has 3 rings (SSSR count). The third-order valence-electron chi connectivity index (χ3n) is 6.01. The second-order valence-electron chi connectivity index (χ2n) is 8.90. The summed E-state index contributed by atoms with van der Waals surface area (Å²) in [4.78, 5) is 28.5. The van der Waals surface area contributed by atoms with Crippen LogP contribution < -0.4 is 10.6 Å². The molecule has 1 amide bonds. The van der Waals surface area contributed by atoms with Crippen molar-refractivity contribution < 1.29 is 14.0 Å². The number of likely N-dealkylation sites (N-methyl/N-ethyl adjacent to an activating group) is 1. The molecule has 0 bridgehead atoms. The Kier molecular flexibility index (Phi) is 6.23. The minimum absolute atomic E-state index is 0.109. The van der Waals surface area contributed by atoms with Crippen LogP contribution in [-0.2, 0) is 14.0 Å². The topological polar surface area (TPSA) is 152 Å². The highest BCUT2D eigenvalue weighted by Crippen LogP contribution is 2.43. The summed E-state index contributed by atoms with van der Waals surface area (Å²) in [5, 5.41) is 9.36. The average Bonchev–Trinajstić information content (AvgIpc) is 3.28. The van der Waals surface area contributed by atoms with Gasteiger partial charge < -0.3 is 19.8 Å². The normalized spacial score (nSPS) is 24.1. The molecule has 2 aromatic heterocycles. The number of rotatable bonds is 6. The zero-order chi connectivity index (χ0) is 23.0. The summed E-state index contributed by atoms with van der Waals surface area (Å²) in [7, 11) is 0.926. The summed E-state index contributed by atoms with van der Waals surface area (Å²) < 4.78 is 14.5. The molecule has 0 saturated carbocycles. The number of carbonyl (C=O) groups excluding carboxylic acids is 1. The Bertz CT molecular complexity index is 1010. The highest BCUT2D eigenvalue weighted by molar-refractivity contribution is 6.74. The number of fused-ring (bicyclic) bond motifs is 1. The number of ether oxygens (including phenoxy) is 1. The molecule has 2 N–H and O–H groups in total. The van der Waals surface area contributed by atoms with E-state index in [1.807, 2.05) is 0 Å². The van der Waals surface area contributed by atoms with Crippen LogP contribution in [0.4, 0.5) is 5.82 Å². The van der Waals surface area contributed by atoms with Crippen molar-refractivity contribution in [2.24, 2.45) is 5.11 Å². The van der Waals surface area contributed by atoms with Crippen molar-refractivity contribution >= 4 is 31.2 Å². The van der Waals surface area contributed by atoms with Crippen LogP contribution in [0.15, 0.2) is 17.8 Å². The maximum Gasteiger partial charge on any atom is 0.249 e. The van der Waals surface area contributed by atoms with Crippen LogP contribution >= 0.6 is 0 Å². The van der Waals surface area contributed by atoms with E-state index in [1.165, 1.54) is 13.4 Å². The molecule has 0 spiro atoms. The number of hydrogen-bond donors (Lipinski definition) is 2. The fourth-order valence-corrected chi connectivity index (χ4v) is 4.57. The molecule has 0 aliphatic carbocycles. The molecule has 31 heavy (non-hydrogen) atoms. The number of nitrogens with one attached hydrogen (secondary N) is 2. The van der Waals surface area contributed by atoms with Gasteiger partial charge in [0.1, 0.15) is 30.1 Å². The lowest BCUT2D eigenvalue weighted by molar-refractivity contribution is -0.134. The summed E-state index contributed by atoms with van der Waals surface area (Å²) >= 11 is 0. The zero-order valence-corrected chi connectivity index (χ0v) is 19.8. The van der Waals surface area contributed by atoms with Crippen molar-refractivity contribution in [1.29, 1.82) is 0 Å². The van der Waals surface area contributed by atoms with E-state index in [2.05, 4.69) is 69.5 Å². The Hall–Kier alpha value is -2.73. The second-order valence-corrected chi connectivity index (χ2v) is 13.7. The quantitative estimate of drug-likeness (QED) is 0.299. The molecule has 1 aliphatic rings. The molecule has 3 heterocycles. The molecule has 0 unspecified atom stereocenters. The van der Waals surface area contributed by atoms with Crippen LogP contribution in [0, 0.1) is 0 Å². The van der Waals surface area contributed by atoms with Gasteiger partial charge in [-0.1, -0.05) is 25.9 Å². The van der Waals surface area contributed by atoms with Crippen molar-refractivity contribution in [2.45, 2.75) is 63.4 Å². The van der Waals surface area contributed by atoms with Gasteiger partial charge in [0.25, 0.3) is 0 Å². The Balaban J connectivity index is 2.14. The van der Waals surface area contributed by atoms with Crippen LogP contribution in [-0.4, -0.2) is 66.1 Å². The number of anilines is 1. The molecule has 168 valence electrons. The Morgan fingerprint density at radius 1 is 1.32 bits per heavy atom. The largest absolute Gasteiger partial charge is 0.409 e. The van der Waals surface area contributed by atoms with Gasteiger partial charge in [-0.3, -0.25) is 9.36 Å². The van der Waals surface area contributed by atoms with E-state index >= 15 is 0 Å².